The zero-order valence-corrected chi connectivity index (χ0v) is 18.9. The first-order chi connectivity index (χ1) is 15.6. The number of fused-ring (bicyclic) bond motifs is 1. The maximum Gasteiger partial charge on any atom is 0.323 e. The summed E-state index contributed by atoms with van der Waals surface area (Å²) < 4.78 is 0. The van der Waals surface area contributed by atoms with E-state index in [0.29, 0.717) is 23.2 Å². The van der Waals surface area contributed by atoms with Crippen LogP contribution in [0.15, 0.2) is 48.7 Å². The third-order valence-electron chi connectivity index (χ3n) is 6.74. The van der Waals surface area contributed by atoms with E-state index in [9.17, 15) is 9.59 Å². The molecular weight excluding hydrogens is 400 g/mol. The van der Waals surface area contributed by atoms with Gasteiger partial charge in [-0.05, 0) is 80.6 Å². The van der Waals surface area contributed by atoms with Crippen LogP contribution in [0.1, 0.15) is 61.4 Å². The number of benzene rings is 2. The van der Waals surface area contributed by atoms with Crippen molar-refractivity contribution in [2.24, 2.45) is 0 Å². The highest BCUT2D eigenvalue weighted by molar-refractivity contribution is 6.03. The number of H-pyrrole nitrogens is 1. The Kier molecular flexibility index (Phi) is 6.90. The summed E-state index contributed by atoms with van der Waals surface area (Å²) in [5.41, 5.74) is 4.09. The van der Waals surface area contributed by atoms with Gasteiger partial charge in [0, 0.05) is 34.4 Å². The van der Waals surface area contributed by atoms with Crippen LogP contribution in [0.3, 0.4) is 0 Å². The SMILES string of the molecule is CCC(CC)N1CCC(c2c[nH]c3ccc(NC(=O)Nc4ccccc4C=O)cc23)CC1. The smallest absolute Gasteiger partial charge is 0.323 e. The van der Waals surface area contributed by atoms with Gasteiger partial charge in [0.1, 0.15) is 0 Å². The number of aldehydes is 1. The van der Waals surface area contributed by atoms with Crippen LogP contribution in [-0.4, -0.2) is 41.3 Å². The van der Waals surface area contributed by atoms with E-state index in [1.807, 2.05) is 18.2 Å². The Balaban J connectivity index is 1.46. The lowest BCUT2D eigenvalue weighted by Gasteiger charge is -2.37. The maximum atomic E-state index is 12.5. The van der Waals surface area contributed by atoms with Gasteiger partial charge in [0.2, 0.25) is 0 Å². The lowest BCUT2D eigenvalue weighted by molar-refractivity contribution is 0.112. The van der Waals surface area contributed by atoms with Crippen molar-refractivity contribution in [1.82, 2.24) is 9.88 Å². The molecule has 6 heteroatoms. The van der Waals surface area contributed by atoms with Crippen LogP contribution < -0.4 is 10.6 Å². The average Bonchev–Trinajstić information content (AvgIpc) is 3.24. The average molecular weight is 433 g/mol. The highest BCUT2D eigenvalue weighted by atomic mass is 16.2. The Morgan fingerprint density at radius 1 is 1.12 bits per heavy atom. The number of likely N-dealkylation sites (tertiary alicyclic amines) is 1. The summed E-state index contributed by atoms with van der Waals surface area (Å²) in [7, 11) is 0. The fourth-order valence-electron chi connectivity index (χ4n) is 4.94. The molecule has 1 aliphatic rings. The minimum Gasteiger partial charge on any atom is -0.361 e. The van der Waals surface area contributed by atoms with Crippen molar-refractivity contribution in [3.8, 4) is 0 Å². The highest BCUT2D eigenvalue weighted by Gasteiger charge is 2.25. The number of anilines is 2. The molecule has 32 heavy (non-hydrogen) atoms. The summed E-state index contributed by atoms with van der Waals surface area (Å²) in [6.45, 7) is 6.84. The molecule has 168 valence electrons. The van der Waals surface area contributed by atoms with Gasteiger partial charge in [-0.25, -0.2) is 4.79 Å². The maximum absolute atomic E-state index is 12.5. The molecule has 0 radical (unpaired) electrons. The van der Waals surface area contributed by atoms with Crippen LogP contribution >= 0.6 is 0 Å². The van der Waals surface area contributed by atoms with Crippen molar-refractivity contribution >= 4 is 34.6 Å². The van der Waals surface area contributed by atoms with E-state index in [0.717, 1.165) is 48.8 Å². The van der Waals surface area contributed by atoms with Crippen molar-refractivity contribution < 1.29 is 9.59 Å². The van der Waals surface area contributed by atoms with Crippen LogP contribution in [0.4, 0.5) is 16.2 Å². The number of para-hydroxylation sites is 1. The van der Waals surface area contributed by atoms with Gasteiger partial charge in [-0.15, -0.1) is 0 Å². The monoisotopic (exact) mass is 432 g/mol. The largest absolute Gasteiger partial charge is 0.361 e. The normalized spacial score (nSPS) is 15.2. The first-order valence-electron chi connectivity index (χ1n) is 11.6. The number of aromatic nitrogens is 1. The molecule has 3 aromatic rings. The van der Waals surface area contributed by atoms with Gasteiger partial charge >= 0.3 is 6.03 Å². The third-order valence-corrected chi connectivity index (χ3v) is 6.74. The van der Waals surface area contributed by atoms with Crippen LogP contribution in [0, 0.1) is 0 Å². The number of piperidine rings is 1. The molecule has 6 nitrogen and oxygen atoms in total. The van der Waals surface area contributed by atoms with Gasteiger partial charge in [0.15, 0.2) is 6.29 Å². The Labute approximate surface area is 189 Å². The van der Waals surface area contributed by atoms with Crippen molar-refractivity contribution in [2.75, 3.05) is 23.7 Å². The van der Waals surface area contributed by atoms with E-state index < -0.39 is 0 Å². The number of carbonyl (C=O) groups excluding carboxylic acids is 2. The molecular formula is C26H32N4O2. The summed E-state index contributed by atoms with van der Waals surface area (Å²) >= 11 is 0. The summed E-state index contributed by atoms with van der Waals surface area (Å²) in [6, 6.07) is 13.2. The Morgan fingerprint density at radius 2 is 1.88 bits per heavy atom. The van der Waals surface area contributed by atoms with E-state index in [1.165, 1.54) is 18.4 Å². The molecule has 1 aliphatic heterocycles. The van der Waals surface area contributed by atoms with Gasteiger partial charge in [0.25, 0.3) is 0 Å². The number of carbonyl (C=O) groups is 2. The van der Waals surface area contributed by atoms with Gasteiger partial charge in [-0.3, -0.25) is 4.79 Å². The number of nitrogens with zero attached hydrogens (tertiary/aromatic N) is 1. The van der Waals surface area contributed by atoms with E-state index >= 15 is 0 Å². The van der Waals surface area contributed by atoms with Crippen LogP contribution in [-0.2, 0) is 0 Å². The molecule has 0 bridgehead atoms. The molecule has 1 saturated heterocycles. The van der Waals surface area contributed by atoms with E-state index in [1.54, 1.807) is 24.3 Å². The molecule has 1 aromatic heterocycles. The second-order valence-electron chi connectivity index (χ2n) is 8.57. The predicted molar refractivity (Wildman–Crippen MR) is 131 cm³/mol. The zero-order valence-electron chi connectivity index (χ0n) is 18.9. The quantitative estimate of drug-likeness (QED) is 0.401. The first kappa shape index (κ1) is 22.1. The number of amides is 2. The molecule has 3 N–H and O–H groups in total. The second-order valence-corrected chi connectivity index (χ2v) is 8.57. The molecule has 0 unspecified atom stereocenters. The van der Waals surface area contributed by atoms with Crippen molar-refractivity contribution in [2.45, 2.75) is 51.5 Å². The summed E-state index contributed by atoms with van der Waals surface area (Å²) in [5.74, 6) is 0.526. The van der Waals surface area contributed by atoms with Crippen LogP contribution in [0.5, 0.6) is 0 Å². The lowest BCUT2D eigenvalue weighted by Crippen LogP contribution is -2.40. The predicted octanol–water partition coefficient (Wildman–Crippen LogP) is 5.99. The second kappa shape index (κ2) is 10.0. The van der Waals surface area contributed by atoms with E-state index in [-0.39, 0.29) is 6.03 Å². The fourth-order valence-corrected chi connectivity index (χ4v) is 4.94. The van der Waals surface area contributed by atoms with Crippen LogP contribution in [0.25, 0.3) is 10.9 Å². The lowest BCUT2D eigenvalue weighted by atomic mass is 9.88. The number of hydrogen-bond donors (Lipinski definition) is 3. The third kappa shape index (κ3) is 4.70. The number of aromatic amines is 1. The number of urea groups is 1. The van der Waals surface area contributed by atoms with Crippen molar-refractivity contribution in [3.05, 3.63) is 59.8 Å². The van der Waals surface area contributed by atoms with Crippen molar-refractivity contribution in [1.29, 1.82) is 0 Å². The van der Waals surface area contributed by atoms with Gasteiger partial charge in [-0.1, -0.05) is 26.0 Å². The zero-order chi connectivity index (χ0) is 22.5. The Morgan fingerprint density at radius 3 is 2.59 bits per heavy atom. The van der Waals surface area contributed by atoms with Gasteiger partial charge < -0.3 is 20.5 Å². The molecule has 0 aliphatic carbocycles. The molecule has 2 amide bonds. The molecule has 2 aromatic carbocycles. The molecule has 0 saturated carbocycles. The molecule has 0 spiro atoms. The van der Waals surface area contributed by atoms with Crippen molar-refractivity contribution in [3.63, 3.8) is 0 Å². The standard InChI is InChI=1S/C26H32N4O2/c1-3-21(4-2)30-13-11-18(12-14-30)23-16-27-25-10-9-20(15-22(23)25)28-26(32)29-24-8-6-5-7-19(24)17-31/h5-10,15-18,21,27H,3-4,11-14H2,1-2H3,(H2,28,29,32). The number of hydrogen-bond acceptors (Lipinski definition) is 3. The summed E-state index contributed by atoms with van der Waals surface area (Å²) in [5, 5.41) is 6.83. The van der Waals surface area contributed by atoms with Gasteiger partial charge in [0.05, 0.1) is 5.69 Å². The van der Waals surface area contributed by atoms with E-state index in [4.69, 9.17) is 0 Å². The first-order valence-corrected chi connectivity index (χ1v) is 11.6. The highest BCUT2D eigenvalue weighted by Crippen LogP contribution is 2.35. The topological polar surface area (TPSA) is 77.2 Å². The van der Waals surface area contributed by atoms with Gasteiger partial charge in [-0.2, -0.15) is 0 Å². The number of rotatable bonds is 7. The molecule has 1 fully saturated rings. The Hall–Kier alpha value is -3.12. The van der Waals surface area contributed by atoms with Crippen LogP contribution in [0.2, 0.25) is 0 Å². The fraction of sp³-hybridized carbons (Fsp3) is 0.385. The number of nitrogens with one attached hydrogen (secondary N) is 3. The molecule has 4 rings (SSSR count). The molecule has 2 heterocycles. The minimum absolute atomic E-state index is 0.366. The Bertz CT molecular complexity index is 1080. The van der Waals surface area contributed by atoms with E-state index in [2.05, 4.69) is 40.6 Å². The summed E-state index contributed by atoms with van der Waals surface area (Å²) in [4.78, 5) is 29.7. The summed E-state index contributed by atoms with van der Waals surface area (Å²) in [6.07, 6.45) is 7.61. The minimum atomic E-state index is -0.366. The molecule has 0 atom stereocenters.